The third-order valence-corrected chi connectivity index (χ3v) is 2.83. The highest BCUT2D eigenvalue weighted by molar-refractivity contribution is 5.64. The Morgan fingerprint density at radius 3 is 2.47 bits per heavy atom. The summed E-state index contributed by atoms with van der Waals surface area (Å²) in [4.78, 5) is 10.2. The van der Waals surface area contributed by atoms with Crippen LogP contribution in [-0.2, 0) is 4.74 Å². The number of halogens is 2. The zero-order chi connectivity index (χ0) is 11.3. The average Bonchev–Trinajstić information content (AvgIpc) is 2.26. The molecule has 0 radical (unpaired) electrons. The van der Waals surface area contributed by atoms with Gasteiger partial charge in [0.15, 0.2) is 6.17 Å². The highest BCUT2D eigenvalue weighted by Crippen LogP contribution is 2.30. The molecular weight excluding hydrogens is 204 g/mol. The van der Waals surface area contributed by atoms with E-state index >= 15 is 0 Å². The second-order valence-corrected chi connectivity index (χ2v) is 3.99. The molecule has 0 aromatic carbocycles. The molecule has 1 saturated carbocycles. The zero-order valence-electron chi connectivity index (χ0n) is 8.62. The number of hydrogen-bond donors (Lipinski definition) is 1. The molecule has 0 bridgehead atoms. The Kier molecular flexibility index (Phi) is 4.78. The molecule has 1 fully saturated rings. The van der Waals surface area contributed by atoms with Gasteiger partial charge in [-0.1, -0.05) is 19.3 Å². The molecule has 3 nitrogen and oxygen atoms in total. The fourth-order valence-corrected chi connectivity index (χ4v) is 2.00. The summed E-state index contributed by atoms with van der Waals surface area (Å²) in [5.41, 5.74) is 4.67. The second-order valence-electron chi connectivity index (χ2n) is 3.99. The van der Waals surface area contributed by atoms with Crippen molar-refractivity contribution in [2.24, 2.45) is 11.7 Å². The van der Waals surface area contributed by atoms with Crippen LogP contribution in [0, 0.1) is 5.92 Å². The molecule has 2 atom stereocenters. The Morgan fingerprint density at radius 1 is 1.33 bits per heavy atom. The van der Waals surface area contributed by atoms with Crippen LogP contribution in [-0.4, -0.2) is 25.0 Å². The lowest BCUT2D eigenvalue weighted by Gasteiger charge is -2.26. The van der Waals surface area contributed by atoms with E-state index in [1.165, 1.54) is 0 Å². The summed E-state index contributed by atoms with van der Waals surface area (Å²) in [6.07, 6.45) is 0.0933. The van der Waals surface area contributed by atoms with E-state index in [0.717, 1.165) is 32.1 Å². The molecule has 5 heteroatoms. The maximum atomic E-state index is 13.5. The summed E-state index contributed by atoms with van der Waals surface area (Å²) in [5, 5.41) is 0. The van der Waals surface area contributed by atoms with Gasteiger partial charge in [0.25, 0.3) is 0 Å². The first-order valence-electron chi connectivity index (χ1n) is 5.31. The van der Waals surface area contributed by atoms with Crippen LogP contribution in [0.5, 0.6) is 0 Å². The molecule has 1 aliphatic rings. The van der Waals surface area contributed by atoms with Crippen LogP contribution in [0.4, 0.5) is 13.6 Å². The smallest absolute Gasteiger partial charge is 0.404 e. The van der Waals surface area contributed by atoms with Crippen LogP contribution >= 0.6 is 0 Å². The van der Waals surface area contributed by atoms with Crippen molar-refractivity contribution in [1.82, 2.24) is 0 Å². The van der Waals surface area contributed by atoms with E-state index in [2.05, 4.69) is 10.5 Å². The fraction of sp³-hybridized carbons (Fsp3) is 0.900. The molecule has 1 unspecified atom stereocenters. The third kappa shape index (κ3) is 4.01. The van der Waals surface area contributed by atoms with Crippen LogP contribution in [0.1, 0.15) is 32.1 Å². The summed E-state index contributed by atoms with van der Waals surface area (Å²) in [7, 11) is 0. The first-order chi connectivity index (χ1) is 7.11. The summed E-state index contributed by atoms with van der Waals surface area (Å²) in [6.45, 7) is -0.576. The van der Waals surface area contributed by atoms with Gasteiger partial charge in [-0.2, -0.15) is 0 Å². The molecule has 0 aromatic rings. The Morgan fingerprint density at radius 2 is 1.93 bits per heavy atom. The predicted octanol–water partition coefficient (Wildman–Crippen LogP) is 2.34. The zero-order valence-corrected chi connectivity index (χ0v) is 8.62. The van der Waals surface area contributed by atoms with Crippen molar-refractivity contribution in [2.75, 3.05) is 6.61 Å². The first-order valence-corrected chi connectivity index (χ1v) is 5.31. The third-order valence-electron chi connectivity index (χ3n) is 2.83. The number of alkyl halides is 2. The lowest BCUT2D eigenvalue weighted by molar-refractivity contribution is 0.0404. The number of nitrogens with two attached hydrogens (primary N) is 1. The number of rotatable bonds is 4. The maximum Gasteiger partial charge on any atom is 0.404 e. The minimum absolute atomic E-state index is 0.231. The second kappa shape index (κ2) is 5.88. The standard InChI is InChI=1S/C10H17F2NO2/c11-8(6-15-10(13)14)9(12)7-4-2-1-3-5-7/h7-9H,1-6H2,(H2,13,14)/t8-,9?/m0/s1. The number of ether oxygens (including phenoxy) is 1. The number of amides is 1. The minimum atomic E-state index is -1.75. The van der Waals surface area contributed by atoms with Gasteiger partial charge in [-0.25, -0.2) is 13.6 Å². The van der Waals surface area contributed by atoms with E-state index in [0.29, 0.717) is 0 Å². The quantitative estimate of drug-likeness (QED) is 0.792. The molecular formula is C10H17F2NO2. The SMILES string of the molecule is NC(=O)OC[C@H](F)C(F)C1CCCCC1. The van der Waals surface area contributed by atoms with Crippen molar-refractivity contribution >= 4 is 6.09 Å². The summed E-state index contributed by atoms with van der Waals surface area (Å²) >= 11 is 0. The van der Waals surface area contributed by atoms with Crippen LogP contribution < -0.4 is 5.73 Å². The Hall–Kier alpha value is -0.870. The van der Waals surface area contributed by atoms with Crippen molar-refractivity contribution < 1.29 is 18.3 Å². The molecule has 0 saturated heterocycles. The summed E-state index contributed by atoms with van der Waals surface area (Å²) in [6, 6.07) is 0. The van der Waals surface area contributed by atoms with Gasteiger partial charge in [0.2, 0.25) is 0 Å². The van der Waals surface area contributed by atoms with Crippen molar-refractivity contribution in [2.45, 2.75) is 44.4 Å². The Balaban J connectivity index is 2.30. The van der Waals surface area contributed by atoms with Gasteiger partial charge in [-0.15, -0.1) is 0 Å². The number of primary amides is 1. The van der Waals surface area contributed by atoms with E-state index in [4.69, 9.17) is 0 Å². The highest BCUT2D eigenvalue weighted by atomic mass is 19.2. The van der Waals surface area contributed by atoms with Gasteiger partial charge in [0, 0.05) is 0 Å². The topological polar surface area (TPSA) is 52.3 Å². The minimum Gasteiger partial charge on any atom is -0.446 e. The molecule has 88 valence electrons. The van der Waals surface area contributed by atoms with Crippen molar-refractivity contribution in [3.05, 3.63) is 0 Å². The average molecular weight is 221 g/mol. The van der Waals surface area contributed by atoms with E-state index < -0.39 is 25.0 Å². The largest absolute Gasteiger partial charge is 0.446 e. The van der Waals surface area contributed by atoms with E-state index in [1.54, 1.807) is 0 Å². The monoisotopic (exact) mass is 221 g/mol. The molecule has 0 aromatic heterocycles. The van der Waals surface area contributed by atoms with Crippen LogP contribution in [0.3, 0.4) is 0 Å². The Bertz CT molecular complexity index is 208. The van der Waals surface area contributed by atoms with E-state index in [-0.39, 0.29) is 5.92 Å². The number of carbonyl (C=O) groups excluding carboxylic acids is 1. The molecule has 15 heavy (non-hydrogen) atoms. The van der Waals surface area contributed by atoms with Gasteiger partial charge in [0.1, 0.15) is 12.8 Å². The van der Waals surface area contributed by atoms with Crippen LogP contribution in [0.25, 0.3) is 0 Å². The molecule has 1 rings (SSSR count). The lowest BCUT2D eigenvalue weighted by Crippen LogP contribution is -2.33. The number of hydrogen-bond acceptors (Lipinski definition) is 2. The van der Waals surface area contributed by atoms with Crippen molar-refractivity contribution in [1.29, 1.82) is 0 Å². The van der Waals surface area contributed by atoms with Gasteiger partial charge >= 0.3 is 6.09 Å². The normalized spacial score (nSPS) is 22.0. The van der Waals surface area contributed by atoms with E-state index in [1.807, 2.05) is 0 Å². The van der Waals surface area contributed by atoms with Crippen molar-refractivity contribution in [3.8, 4) is 0 Å². The van der Waals surface area contributed by atoms with Crippen molar-refractivity contribution in [3.63, 3.8) is 0 Å². The summed E-state index contributed by atoms with van der Waals surface area (Å²) < 4.78 is 31.0. The Labute approximate surface area is 88.0 Å². The van der Waals surface area contributed by atoms with Gasteiger partial charge < -0.3 is 10.5 Å². The van der Waals surface area contributed by atoms with Crippen LogP contribution in [0.15, 0.2) is 0 Å². The highest BCUT2D eigenvalue weighted by Gasteiger charge is 2.31. The van der Waals surface area contributed by atoms with Gasteiger partial charge in [0.05, 0.1) is 0 Å². The first kappa shape index (κ1) is 12.2. The lowest BCUT2D eigenvalue weighted by atomic mass is 9.84. The summed E-state index contributed by atoms with van der Waals surface area (Å²) in [5.74, 6) is -0.231. The molecule has 1 aliphatic carbocycles. The molecule has 0 spiro atoms. The van der Waals surface area contributed by atoms with Gasteiger partial charge in [-0.05, 0) is 18.8 Å². The van der Waals surface area contributed by atoms with E-state index in [9.17, 15) is 13.6 Å². The maximum absolute atomic E-state index is 13.5. The molecule has 0 aliphatic heterocycles. The molecule has 2 N–H and O–H groups in total. The molecule has 0 heterocycles. The fourth-order valence-electron chi connectivity index (χ4n) is 2.00. The number of carbonyl (C=O) groups is 1. The van der Waals surface area contributed by atoms with Gasteiger partial charge in [-0.3, -0.25) is 0 Å². The molecule has 1 amide bonds. The van der Waals surface area contributed by atoms with Crippen LogP contribution in [0.2, 0.25) is 0 Å². The predicted molar refractivity (Wildman–Crippen MR) is 51.9 cm³/mol.